The first-order chi connectivity index (χ1) is 11.5. The molecule has 3 rings (SSSR count). The Bertz CT molecular complexity index is 950. The van der Waals surface area contributed by atoms with Gasteiger partial charge in [0.25, 0.3) is 5.91 Å². The number of hydrogen-bond acceptors (Lipinski definition) is 4. The highest BCUT2D eigenvalue weighted by atomic mass is 32.1. The van der Waals surface area contributed by atoms with Crippen LogP contribution in [0.15, 0.2) is 42.5 Å². The summed E-state index contributed by atoms with van der Waals surface area (Å²) < 4.78 is 0.761. The van der Waals surface area contributed by atoms with Gasteiger partial charge >= 0.3 is 0 Å². The van der Waals surface area contributed by atoms with Crippen LogP contribution in [0, 0.1) is 11.3 Å². The Kier molecular flexibility index (Phi) is 4.24. The minimum absolute atomic E-state index is 0.135. The molecule has 5 heteroatoms. The second-order valence-corrected chi connectivity index (χ2v) is 6.88. The highest BCUT2D eigenvalue weighted by Crippen LogP contribution is 2.37. The van der Waals surface area contributed by atoms with E-state index in [2.05, 4.69) is 25.2 Å². The number of carbonyl (C=O) groups is 1. The molecule has 0 unspecified atom stereocenters. The number of fused-ring (bicyclic) bond motifs is 1. The lowest BCUT2D eigenvalue weighted by molar-refractivity contribution is 0.102. The molecule has 24 heavy (non-hydrogen) atoms. The zero-order valence-corrected chi connectivity index (χ0v) is 14.1. The summed E-state index contributed by atoms with van der Waals surface area (Å²) in [7, 11) is 0. The van der Waals surface area contributed by atoms with E-state index in [4.69, 9.17) is 0 Å². The highest BCUT2D eigenvalue weighted by molar-refractivity contribution is 7.23. The fraction of sp³-hybridized carbons (Fsp3) is 0.158. The molecule has 1 aromatic heterocycles. The molecule has 0 spiro atoms. The Morgan fingerprint density at radius 3 is 2.54 bits per heavy atom. The van der Waals surface area contributed by atoms with Crippen LogP contribution in [0.1, 0.15) is 41.3 Å². The number of amides is 1. The van der Waals surface area contributed by atoms with Crippen molar-refractivity contribution < 1.29 is 9.90 Å². The van der Waals surface area contributed by atoms with E-state index < -0.39 is 0 Å². The number of anilines is 1. The van der Waals surface area contributed by atoms with Gasteiger partial charge in [-0.3, -0.25) is 4.79 Å². The lowest BCUT2D eigenvalue weighted by atomic mass is 10.0. The molecule has 120 valence electrons. The van der Waals surface area contributed by atoms with Gasteiger partial charge in [-0.1, -0.05) is 26.0 Å². The third kappa shape index (κ3) is 2.97. The molecule has 0 saturated heterocycles. The topological polar surface area (TPSA) is 73.1 Å². The van der Waals surface area contributed by atoms with Crippen molar-refractivity contribution in [2.75, 3.05) is 5.32 Å². The van der Waals surface area contributed by atoms with Gasteiger partial charge in [0.1, 0.15) is 16.8 Å². The maximum atomic E-state index is 12.4. The van der Waals surface area contributed by atoms with Crippen molar-refractivity contribution in [3.8, 4) is 11.8 Å². The molecule has 1 heterocycles. The van der Waals surface area contributed by atoms with Crippen molar-refractivity contribution in [1.82, 2.24) is 0 Å². The molecule has 2 N–H and O–H groups in total. The van der Waals surface area contributed by atoms with E-state index in [1.165, 1.54) is 23.0 Å². The molecule has 4 nitrogen and oxygen atoms in total. The van der Waals surface area contributed by atoms with E-state index in [0.29, 0.717) is 22.0 Å². The Labute approximate surface area is 144 Å². The van der Waals surface area contributed by atoms with Crippen LogP contribution >= 0.6 is 11.3 Å². The fourth-order valence-electron chi connectivity index (χ4n) is 2.48. The number of rotatable bonds is 3. The molecular formula is C19H16N2O2S. The number of phenolic OH excluding ortho intramolecular Hbond substituents is 1. The summed E-state index contributed by atoms with van der Waals surface area (Å²) in [5.74, 6) is 0.288. The van der Waals surface area contributed by atoms with Gasteiger partial charge in [-0.15, -0.1) is 11.3 Å². The Morgan fingerprint density at radius 1 is 1.21 bits per heavy atom. The standard InChI is InChI=1S/C19H16N2O2S/c1-11(2)12-3-5-13(6-4-12)18(23)21-19-16(10-20)15-8-7-14(22)9-17(15)24-19/h3-9,11,22H,1-2H3,(H,21,23). The van der Waals surface area contributed by atoms with Gasteiger partial charge in [0, 0.05) is 15.6 Å². The molecule has 1 amide bonds. The molecule has 0 fully saturated rings. The molecule has 0 atom stereocenters. The number of nitrogens with one attached hydrogen (secondary N) is 1. The monoisotopic (exact) mass is 336 g/mol. The third-order valence-electron chi connectivity index (χ3n) is 3.85. The summed E-state index contributed by atoms with van der Waals surface area (Å²) >= 11 is 1.28. The average molecular weight is 336 g/mol. The molecular weight excluding hydrogens is 320 g/mol. The second-order valence-electron chi connectivity index (χ2n) is 5.83. The van der Waals surface area contributed by atoms with Crippen molar-refractivity contribution >= 4 is 32.3 Å². The van der Waals surface area contributed by atoms with E-state index >= 15 is 0 Å². The molecule has 2 aromatic carbocycles. The summed E-state index contributed by atoms with van der Waals surface area (Å²) in [6.45, 7) is 4.20. The normalized spacial score (nSPS) is 10.8. The summed E-state index contributed by atoms with van der Waals surface area (Å²) in [4.78, 5) is 12.4. The summed E-state index contributed by atoms with van der Waals surface area (Å²) in [6, 6.07) is 14.4. The Balaban J connectivity index is 1.91. The maximum Gasteiger partial charge on any atom is 0.256 e. The van der Waals surface area contributed by atoms with Crippen molar-refractivity contribution in [2.24, 2.45) is 0 Å². The van der Waals surface area contributed by atoms with Crippen molar-refractivity contribution in [1.29, 1.82) is 5.26 Å². The quantitative estimate of drug-likeness (QED) is 0.718. The number of thiophene rings is 1. The first kappa shape index (κ1) is 16.0. The van der Waals surface area contributed by atoms with Crippen LogP contribution in [0.4, 0.5) is 5.00 Å². The smallest absolute Gasteiger partial charge is 0.256 e. The zero-order valence-electron chi connectivity index (χ0n) is 13.3. The van der Waals surface area contributed by atoms with Crippen LogP contribution in [-0.2, 0) is 0 Å². The number of hydrogen-bond donors (Lipinski definition) is 2. The van der Waals surface area contributed by atoms with Gasteiger partial charge in [0.05, 0.1) is 5.56 Å². The van der Waals surface area contributed by atoms with E-state index in [1.54, 1.807) is 24.3 Å². The fourth-order valence-corrected chi connectivity index (χ4v) is 3.56. The second kappa shape index (κ2) is 6.34. The van der Waals surface area contributed by atoms with Crippen LogP contribution in [-0.4, -0.2) is 11.0 Å². The lowest BCUT2D eigenvalue weighted by Crippen LogP contribution is -2.11. The zero-order chi connectivity index (χ0) is 17.3. The van der Waals surface area contributed by atoms with Crippen LogP contribution in [0.2, 0.25) is 0 Å². The third-order valence-corrected chi connectivity index (χ3v) is 4.92. The van der Waals surface area contributed by atoms with Gasteiger partial charge in [-0.05, 0) is 41.8 Å². The van der Waals surface area contributed by atoms with Crippen LogP contribution in [0.5, 0.6) is 5.75 Å². The van der Waals surface area contributed by atoms with Gasteiger partial charge in [-0.25, -0.2) is 0 Å². The molecule has 0 bridgehead atoms. The molecule has 0 aliphatic carbocycles. The minimum Gasteiger partial charge on any atom is -0.508 e. The van der Waals surface area contributed by atoms with Crippen LogP contribution < -0.4 is 5.32 Å². The largest absolute Gasteiger partial charge is 0.508 e. The summed E-state index contributed by atoms with van der Waals surface area (Å²) in [5.41, 5.74) is 2.13. The van der Waals surface area contributed by atoms with Crippen molar-refractivity contribution in [3.05, 3.63) is 59.2 Å². The van der Waals surface area contributed by atoms with Crippen molar-refractivity contribution in [3.63, 3.8) is 0 Å². The number of aromatic hydroxyl groups is 1. The van der Waals surface area contributed by atoms with E-state index in [0.717, 1.165) is 10.1 Å². The predicted octanol–water partition coefficient (Wildman–Crippen LogP) is 4.85. The van der Waals surface area contributed by atoms with Crippen molar-refractivity contribution in [2.45, 2.75) is 19.8 Å². The first-order valence-corrected chi connectivity index (χ1v) is 8.38. The maximum absolute atomic E-state index is 12.4. The number of benzene rings is 2. The van der Waals surface area contributed by atoms with Crippen LogP contribution in [0.3, 0.4) is 0 Å². The number of phenols is 1. The number of carbonyl (C=O) groups excluding carboxylic acids is 1. The van der Waals surface area contributed by atoms with E-state index in [-0.39, 0.29) is 11.7 Å². The Morgan fingerprint density at radius 2 is 1.92 bits per heavy atom. The number of nitrogens with zero attached hydrogens (tertiary/aromatic N) is 1. The molecule has 3 aromatic rings. The lowest BCUT2D eigenvalue weighted by Gasteiger charge is -2.07. The predicted molar refractivity (Wildman–Crippen MR) is 96.7 cm³/mol. The SMILES string of the molecule is CC(C)c1ccc(C(=O)Nc2sc3cc(O)ccc3c2C#N)cc1. The molecule has 0 aliphatic heterocycles. The van der Waals surface area contributed by atoms with E-state index in [1.807, 2.05) is 12.1 Å². The summed E-state index contributed by atoms with van der Waals surface area (Å²) in [6.07, 6.45) is 0. The highest BCUT2D eigenvalue weighted by Gasteiger charge is 2.16. The average Bonchev–Trinajstić information content (AvgIpc) is 2.90. The van der Waals surface area contributed by atoms with Gasteiger partial charge in [-0.2, -0.15) is 5.26 Å². The molecule has 0 radical (unpaired) electrons. The van der Waals surface area contributed by atoms with E-state index in [9.17, 15) is 15.2 Å². The van der Waals surface area contributed by atoms with Gasteiger partial charge in [0.2, 0.25) is 0 Å². The van der Waals surface area contributed by atoms with Gasteiger partial charge in [0.15, 0.2) is 0 Å². The molecule has 0 aliphatic rings. The first-order valence-electron chi connectivity index (χ1n) is 7.56. The minimum atomic E-state index is -0.252. The number of nitriles is 1. The Hall–Kier alpha value is -2.84. The molecule has 0 saturated carbocycles. The van der Waals surface area contributed by atoms with Crippen LogP contribution in [0.25, 0.3) is 10.1 Å². The summed E-state index contributed by atoms with van der Waals surface area (Å²) in [5, 5.41) is 23.0. The van der Waals surface area contributed by atoms with Gasteiger partial charge < -0.3 is 10.4 Å².